The molecular formula is C12H22N2O2. The number of ether oxygens (including phenoxy) is 1. The Morgan fingerprint density at radius 2 is 2.19 bits per heavy atom. The Morgan fingerprint density at radius 3 is 2.75 bits per heavy atom. The largest absolute Gasteiger partial charge is 0.384 e. The number of piperidine rings is 1. The van der Waals surface area contributed by atoms with Crippen LogP contribution in [0.3, 0.4) is 0 Å². The van der Waals surface area contributed by atoms with Crippen molar-refractivity contribution in [2.24, 2.45) is 11.3 Å². The predicted octanol–water partition coefficient (Wildman–Crippen LogP) is 0.481. The van der Waals surface area contributed by atoms with Gasteiger partial charge in [-0.05, 0) is 31.3 Å². The lowest BCUT2D eigenvalue weighted by molar-refractivity contribution is -0.128. The average Bonchev–Trinajstić information content (AvgIpc) is 2.60. The molecule has 4 heteroatoms. The van der Waals surface area contributed by atoms with Gasteiger partial charge in [0.05, 0.1) is 6.61 Å². The van der Waals surface area contributed by atoms with E-state index >= 15 is 0 Å². The summed E-state index contributed by atoms with van der Waals surface area (Å²) in [5, 5.41) is 3.40. The van der Waals surface area contributed by atoms with E-state index in [2.05, 4.69) is 5.32 Å². The van der Waals surface area contributed by atoms with Crippen LogP contribution in [0.5, 0.6) is 0 Å². The van der Waals surface area contributed by atoms with Crippen molar-refractivity contribution >= 4 is 5.91 Å². The molecule has 0 saturated carbocycles. The second kappa shape index (κ2) is 4.72. The maximum Gasteiger partial charge on any atom is 0.219 e. The molecule has 0 aromatic rings. The van der Waals surface area contributed by atoms with Crippen LogP contribution in [0.25, 0.3) is 0 Å². The number of carbonyl (C=O) groups is 1. The van der Waals surface area contributed by atoms with E-state index in [-0.39, 0.29) is 5.91 Å². The minimum absolute atomic E-state index is 0.205. The Bertz CT molecular complexity index is 262. The van der Waals surface area contributed by atoms with Gasteiger partial charge in [-0.15, -0.1) is 0 Å². The molecule has 0 radical (unpaired) electrons. The number of likely N-dealkylation sites (tertiary alicyclic amines) is 1. The van der Waals surface area contributed by atoms with E-state index in [0.29, 0.717) is 11.3 Å². The fourth-order valence-electron chi connectivity index (χ4n) is 3.20. The van der Waals surface area contributed by atoms with E-state index in [1.165, 1.54) is 12.8 Å². The summed E-state index contributed by atoms with van der Waals surface area (Å²) in [5.74, 6) is 0.722. The first-order valence-electron chi connectivity index (χ1n) is 6.13. The van der Waals surface area contributed by atoms with Gasteiger partial charge >= 0.3 is 0 Å². The van der Waals surface area contributed by atoms with Crippen molar-refractivity contribution in [2.45, 2.75) is 19.8 Å². The molecule has 2 heterocycles. The third-order valence-electron chi connectivity index (χ3n) is 4.23. The van der Waals surface area contributed by atoms with Crippen molar-refractivity contribution in [2.75, 3.05) is 39.9 Å². The first-order chi connectivity index (χ1) is 7.68. The van der Waals surface area contributed by atoms with Crippen LogP contribution in [0.15, 0.2) is 0 Å². The molecule has 0 unspecified atom stereocenters. The van der Waals surface area contributed by atoms with Gasteiger partial charge in [-0.2, -0.15) is 0 Å². The maximum atomic E-state index is 11.5. The van der Waals surface area contributed by atoms with E-state index in [1.54, 1.807) is 14.0 Å². The van der Waals surface area contributed by atoms with Crippen LogP contribution in [0.2, 0.25) is 0 Å². The third kappa shape index (κ3) is 2.09. The van der Waals surface area contributed by atoms with Crippen molar-refractivity contribution in [1.82, 2.24) is 10.2 Å². The van der Waals surface area contributed by atoms with Gasteiger partial charge in [0, 0.05) is 33.0 Å². The van der Waals surface area contributed by atoms with Crippen LogP contribution in [-0.2, 0) is 9.53 Å². The summed E-state index contributed by atoms with van der Waals surface area (Å²) in [6.07, 6.45) is 2.34. The molecule has 0 aromatic heterocycles. The molecule has 1 spiro atoms. The van der Waals surface area contributed by atoms with Crippen LogP contribution in [-0.4, -0.2) is 50.7 Å². The molecule has 0 aliphatic carbocycles. The highest BCUT2D eigenvalue weighted by Crippen LogP contribution is 2.43. The first-order valence-corrected chi connectivity index (χ1v) is 6.13. The fraction of sp³-hybridized carbons (Fsp3) is 0.917. The highest BCUT2D eigenvalue weighted by atomic mass is 16.5. The standard InChI is InChI=1S/C12H22N2O2/c1-10(15)14-7-11(8-16-2)12(9-14)3-5-13-6-4-12/h11,13H,3-9H2,1-2H3/t11-/m1/s1. The van der Waals surface area contributed by atoms with Crippen LogP contribution in [0, 0.1) is 11.3 Å². The summed E-state index contributed by atoms with van der Waals surface area (Å²) in [6, 6.07) is 0. The molecule has 2 aliphatic heterocycles. The van der Waals surface area contributed by atoms with Crippen LogP contribution in [0.1, 0.15) is 19.8 Å². The van der Waals surface area contributed by atoms with Gasteiger partial charge in [0.1, 0.15) is 0 Å². The van der Waals surface area contributed by atoms with Crippen molar-refractivity contribution in [3.05, 3.63) is 0 Å². The van der Waals surface area contributed by atoms with Gasteiger partial charge in [-0.1, -0.05) is 0 Å². The van der Waals surface area contributed by atoms with Crippen molar-refractivity contribution < 1.29 is 9.53 Å². The quantitative estimate of drug-likeness (QED) is 0.744. The van der Waals surface area contributed by atoms with Gasteiger partial charge in [-0.3, -0.25) is 4.79 Å². The lowest BCUT2D eigenvalue weighted by atomic mass is 9.71. The van der Waals surface area contributed by atoms with Crippen LogP contribution < -0.4 is 5.32 Å². The Labute approximate surface area is 97.3 Å². The molecule has 0 aromatic carbocycles. The number of nitrogens with one attached hydrogen (secondary N) is 1. The second-order valence-electron chi connectivity index (χ2n) is 5.16. The summed E-state index contributed by atoms with van der Waals surface area (Å²) >= 11 is 0. The monoisotopic (exact) mass is 226 g/mol. The summed E-state index contributed by atoms with van der Waals surface area (Å²) in [6.45, 7) is 6.41. The van der Waals surface area contributed by atoms with E-state index in [9.17, 15) is 4.79 Å². The molecule has 16 heavy (non-hydrogen) atoms. The number of hydrogen-bond acceptors (Lipinski definition) is 3. The van der Waals surface area contributed by atoms with Crippen LogP contribution >= 0.6 is 0 Å². The van der Waals surface area contributed by atoms with Gasteiger partial charge in [-0.25, -0.2) is 0 Å². The third-order valence-corrected chi connectivity index (χ3v) is 4.23. The Balaban J connectivity index is 2.10. The highest BCUT2D eigenvalue weighted by molar-refractivity contribution is 5.73. The summed E-state index contributed by atoms with van der Waals surface area (Å²) in [5.41, 5.74) is 0.312. The smallest absolute Gasteiger partial charge is 0.219 e. The number of rotatable bonds is 2. The van der Waals surface area contributed by atoms with E-state index in [1.807, 2.05) is 4.90 Å². The van der Waals surface area contributed by atoms with Gasteiger partial charge in [0.2, 0.25) is 5.91 Å². The molecule has 2 aliphatic rings. The Kier molecular flexibility index (Phi) is 3.50. The highest BCUT2D eigenvalue weighted by Gasteiger charge is 2.47. The second-order valence-corrected chi connectivity index (χ2v) is 5.16. The molecular weight excluding hydrogens is 204 g/mol. The number of methoxy groups -OCH3 is 1. The first kappa shape index (κ1) is 11.9. The molecule has 4 nitrogen and oxygen atoms in total. The zero-order valence-electron chi connectivity index (χ0n) is 10.3. The number of carbonyl (C=O) groups excluding carboxylic acids is 1. The molecule has 1 atom stereocenters. The molecule has 2 rings (SSSR count). The zero-order valence-corrected chi connectivity index (χ0v) is 10.3. The summed E-state index contributed by atoms with van der Waals surface area (Å²) in [4.78, 5) is 13.5. The van der Waals surface area contributed by atoms with Gasteiger partial charge in [0.25, 0.3) is 0 Å². The van der Waals surface area contributed by atoms with Crippen molar-refractivity contribution in [3.63, 3.8) is 0 Å². The molecule has 92 valence electrons. The van der Waals surface area contributed by atoms with Gasteiger partial charge < -0.3 is 15.0 Å². The number of nitrogens with zero attached hydrogens (tertiary/aromatic N) is 1. The minimum Gasteiger partial charge on any atom is -0.384 e. The summed E-state index contributed by atoms with van der Waals surface area (Å²) in [7, 11) is 1.76. The SMILES string of the molecule is COC[C@H]1CN(C(C)=O)CC12CCNCC2. The molecule has 2 fully saturated rings. The molecule has 2 saturated heterocycles. The van der Waals surface area contributed by atoms with E-state index in [0.717, 1.165) is 32.8 Å². The van der Waals surface area contributed by atoms with Gasteiger partial charge in [0.15, 0.2) is 0 Å². The zero-order chi connectivity index (χ0) is 11.6. The van der Waals surface area contributed by atoms with E-state index < -0.39 is 0 Å². The van der Waals surface area contributed by atoms with Crippen molar-refractivity contribution in [3.8, 4) is 0 Å². The molecule has 0 bridgehead atoms. The predicted molar refractivity (Wildman–Crippen MR) is 62.2 cm³/mol. The van der Waals surface area contributed by atoms with Crippen LogP contribution in [0.4, 0.5) is 0 Å². The average molecular weight is 226 g/mol. The van der Waals surface area contributed by atoms with Crippen molar-refractivity contribution in [1.29, 1.82) is 0 Å². The minimum atomic E-state index is 0.205. The lowest BCUT2D eigenvalue weighted by Gasteiger charge is -2.38. The summed E-state index contributed by atoms with van der Waals surface area (Å²) < 4.78 is 5.32. The molecule has 1 N–H and O–H groups in total. The molecule has 1 amide bonds. The Morgan fingerprint density at radius 1 is 1.50 bits per heavy atom. The lowest BCUT2D eigenvalue weighted by Crippen LogP contribution is -2.43. The normalized spacial score (nSPS) is 28.6. The topological polar surface area (TPSA) is 41.6 Å². The Hall–Kier alpha value is -0.610. The maximum absolute atomic E-state index is 11.5. The number of hydrogen-bond donors (Lipinski definition) is 1. The number of amides is 1. The fourth-order valence-corrected chi connectivity index (χ4v) is 3.20. The van der Waals surface area contributed by atoms with E-state index in [4.69, 9.17) is 4.74 Å².